The van der Waals surface area contributed by atoms with E-state index in [1.54, 1.807) is 30.3 Å². The van der Waals surface area contributed by atoms with E-state index in [0.29, 0.717) is 5.69 Å². The van der Waals surface area contributed by atoms with Crippen molar-refractivity contribution in [2.75, 3.05) is 5.32 Å². The van der Waals surface area contributed by atoms with Crippen LogP contribution in [0, 0.1) is 0 Å². The summed E-state index contributed by atoms with van der Waals surface area (Å²) in [4.78, 5) is 11.9. The third-order valence-corrected chi connectivity index (χ3v) is 2.90. The van der Waals surface area contributed by atoms with Gasteiger partial charge in [-0.05, 0) is 30.3 Å². The maximum atomic E-state index is 12.7. The molecule has 1 N–H and O–H groups in total. The maximum absolute atomic E-state index is 12.7. The topological polar surface area (TPSA) is 29.1 Å². The summed E-state index contributed by atoms with van der Waals surface area (Å²) < 4.78 is 38.1. The van der Waals surface area contributed by atoms with Crippen LogP contribution >= 0.6 is 11.6 Å². The Morgan fingerprint density at radius 3 is 2.30 bits per heavy atom. The highest BCUT2D eigenvalue weighted by Crippen LogP contribution is 2.35. The van der Waals surface area contributed by atoms with Crippen molar-refractivity contribution >= 4 is 23.2 Å². The Balaban J connectivity index is 2.27. The van der Waals surface area contributed by atoms with E-state index in [1.165, 1.54) is 6.07 Å². The molecule has 0 atom stereocenters. The molecule has 0 aromatic heterocycles. The van der Waals surface area contributed by atoms with Crippen LogP contribution in [0.3, 0.4) is 0 Å². The number of halogens is 4. The number of hydrogen-bond donors (Lipinski definition) is 1. The summed E-state index contributed by atoms with van der Waals surface area (Å²) in [6.45, 7) is 0. The smallest absolute Gasteiger partial charge is 0.322 e. The van der Waals surface area contributed by atoms with Crippen molar-refractivity contribution < 1.29 is 18.0 Å². The van der Waals surface area contributed by atoms with Gasteiger partial charge in [-0.2, -0.15) is 13.2 Å². The molecule has 0 saturated heterocycles. The molecule has 2 aromatic rings. The van der Waals surface area contributed by atoms with Gasteiger partial charge >= 0.3 is 6.18 Å². The van der Waals surface area contributed by atoms with E-state index in [-0.39, 0.29) is 5.56 Å². The van der Waals surface area contributed by atoms with Gasteiger partial charge in [-0.1, -0.05) is 29.8 Å². The van der Waals surface area contributed by atoms with Crippen molar-refractivity contribution in [1.29, 1.82) is 0 Å². The molecule has 0 radical (unpaired) electrons. The molecule has 0 spiro atoms. The van der Waals surface area contributed by atoms with Crippen LogP contribution < -0.4 is 5.32 Å². The summed E-state index contributed by atoms with van der Waals surface area (Å²) >= 11 is 5.49. The molecule has 0 unspecified atom stereocenters. The number of carbonyl (C=O) groups is 1. The molecule has 2 rings (SSSR count). The lowest BCUT2D eigenvalue weighted by molar-refractivity contribution is -0.137. The van der Waals surface area contributed by atoms with Gasteiger partial charge in [0, 0.05) is 11.3 Å². The van der Waals surface area contributed by atoms with Crippen LogP contribution in [0.1, 0.15) is 15.9 Å². The number of amides is 1. The van der Waals surface area contributed by atoms with Gasteiger partial charge in [0.15, 0.2) is 0 Å². The van der Waals surface area contributed by atoms with Crippen LogP contribution in [-0.2, 0) is 6.18 Å². The normalized spacial score (nSPS) is 11.2. The number of carbonyl (C=O) groups excluding carboxylic acids is 1. The molecule has 2 nitrogen and oxygen atoms in total. The van der Waals surface area contributed by atoms with Gasteiger partial charge < -0.3 is 5.32 Å². The number of hydrogen-bond acceptors (Lipinski definition) is 1. The number of benzene rings is 2. The average Bonchev–Trinajstić information content (AvgIpc) is 2.39. The third-order valence-electron chi connectivity index (χ3n) is 2.57. The Morgan fingerprint density at radius 2 is 1.70 bits per heavy atom. The van der Waals surface area contributed by atoms with Crippen LogP contribution in [0.2, 0.25) is 5.02 Å². The van der Waals surface area contributed by atoms with Gasteiger partial charge in [0.1, 0.15) is 0 Å². The SMILES string of the molecule is O=C(Nc1ccccc1)c1ccc(Cl)c(C(F)(F)F)c1. The van der Waals surface area contributed by atoms with Crippen molar-refractivity contribution in [2.24, 2.45) is 0 Å². The van der Waals surface area contributed by atoms with Gasteiger partial charge in [-0.3, -0.25) is 4.79 Å². The van der Waals surface area contributed by atoms with Crippen molar-refractivity contribution in [2.45, 2.75) is 6.18 Å². The van der Waals surface area contributed by atoms with Gasteiger partial charge in [-0.15, -0.1) is 0 Å². The van der Waals surface area contributed by atoms with E-state index in [2.05, 4.69) is 5.32 Å². The number of para-hydroxylation sites is 1. The summed E-state index contributed by atoms with van der Waals surface area (Å²) in [6.07, 6.45) is -4.60. The molecule has 0 aliphatic carbocycles. The average molecular weight is 300 g/mol. The number of anilines is 1. The molecule has 0 saturated carbocycles. The fourth-order valence-electron chi connectivity index (χ4n) is 1.61. The van der Waals surface area contributed by atoms with Crippen LogP contribution in [-0.4, -0.2) is 5.91 Å². The molecule has 104 valence electrons. The first-order valence-electron chi connectivity index (χ1n) is 5.61. The molecule has 2 aromatic carbocycles. The molecular weight excluding hydrogens is 291 g/mol. The van der Waals surface area contributed by atoms with E-state index in [1.807, 2.05) is 0 Å². The zero-order chi connectivity index (χ0) is 14.8. The summed E-state index contributed by atoms with van der Waals surface area (Å²) in [7, 11) is 0. The van der Waals surface area contributed by atoms with E-state index in [9.17, 15) is 18.0 Å². The summed E-state index contributed by atoms with van der Waals surface area (Å²) in [5.74, 6) is -0.627. The van der Waals surface area contributed by atoms with Crippen LogP contribution in [0.15, 0.2) is 48.5 Å². The molecule has 0 aliphatic heterocycles. The quantitative estimate of drug-likeness (QED) is 0.862. The fraction of sp³-hybridized carbons (Fsp3) is 0.0714. The van der Waals surface area contributed by atoms with Gasteiger partial charge in [0.2, 0.25) is 0 Å². The van der Waals surface area contributed by atoms with Crippen LogP contribution in [0.5, 0.6) is 0 Å². The van der Waals surface area contributed by atoms with Crippen molar-refractivity contribution in [3.63, 3.8) is 0 Å². The minimum absolute atomic E-state index is 0.106. The Hall–Kier alpha value is -2.01. The first kappa shape index (κ1) is 14.4. The molecular formula is C14H9ClF3NO. The standard InChI is InChI=1S/C14H9ClF3NO/c15-12-7-6-9(8-11(12)14(16,17)18)13(20)19-10-4-2-1-3-5-10/h1-8H,(H,19,20). The second-order valence-electron chi connectivity index (χ2n) is 4.01. The second-order valence-corrected chi connectivity index (χ2v) is 4.42. The van der Waals surface area contributed by atoms with Crippen molar-refractivity contribution in [1.82, 2.24) is 0 Å². The zero-order valence-corrected chi connectivity index (χ0v) is 10.8. The minimum Gasteiger partial charge on any atom is -0.322 e. The molecule has 0 bridgehead atoms. The number of nitrogens with one attached hydrogen (secondary N) is 1. The summed E-state index contributed by atoms with van der Waals surface area (Å²) in [5, 5.41) is 2.07. The van der Waals surface area contributed by atoms with Crippen LogP contribution in [0.4, 0.5) is 18.9 Å². The first-order valence-corrected chi connectivity index (χ1v) is 5.99. The molecule has 20 heavy (non-hydrogen) atoms. The van der Waals surface area contributed by atoms with Gasteiger partial charge in [0.05, 0.1) is 10.6 Å². The van der Waals surface area contributed by atoms with Gasteiger partial charge in [0.25, 0.3) is 5.91 Å². The predicted octanol–water partition coefficient (Wildman–Crippen LogP) is 4.61. The molecule has 6 heteroatoms. The Bertz CT molecular complexity index is 626. The summed E-state index contributed by atoms with van der Waals surface area (Å²) in [6, 6.07) is 11.5. The highest BCUT2D eigenvalue weighted by molar-refractivity contribution is 6.31. The van der Waals surface area contributed by atoms with E-state index >= 15 is 0 Å². The Labute approximate surface area is 118 Å². The zero-order valence-electron chi connectivity index (χ0n) is 10.0. The van der Waals surface area contributed by atoms with Gasteiger partial charge in [-0.25, -0.2) is 0 Å². The van der Waals surface area contributed by atoms with Crippen LogP contribution in [0.25, 0.3) is 0 Å². The monoisotopic (exact) mass is 299 g/mol. The predicted molar refractivity (Wildman–Crippen MR) is 70.8 cm³/mol. The molecule has 0 heterocycles. The largest absolute Gasteiger partial charge is 0.417 e. The highest BCUT2D eigenvalue weighted by atomic mass is 35.5. The number of alkyl halides is 3. The third kappa shape index (κ3) is 3.30. The lowest BCUT2D eigenvalue weighted by Crippen LogP contribution is -2.14. The highest BCUT2D eigenvalue weighted by Gasteiger charge is 2.33. The minimum atomic E-state index is -4.60. The lowest BCUT2D eigenvalue weighted by atomic mass is 10.1. The summed E-state index contributed by atoms with van der Waals surface area (Å²) in [5.41, 5.74) is -0.633. The Kier molecular flexibility index (Phi) is 3.99. The molecule has 1 amide bonds. The van der Waals surface area contributed by atoms with Crippen molar-refractivity contribution in [3.8, 4) is 0 Å². The van der Waals surface area contributed by atoms with E-state index < -0.39 is 22.7 Å². The van der Waals surface area contributed by atoms with Crippen molar-refractivity contribution in [3.05, 3.63) is 64.7 Å². The number of rotatable bonds is 2. The Morgan fingerprint density at radius 1 is 1.05 bits per heavy atom. The first-order chi connectivity index (χ1) is 9.38. The van der Waals surface area contributed by atoms with E-state index in [0.717, 1.165) is 12.1 Å². The molecule has 0 aliphatic rings. The molecule has 0 fully saturated rings. The second kappa shape index (κ2) is 5.54. The fourth-order valence-corrected chi connectivity index (χ4v) is 1.83. The van der Waals surface area contributed by atoms with E-state index in [4.69, 9.17) is 11.6 Å². The maximum Gasteiger partial charge on any atom is 0.417 e. The lowest BCUT2D eigenvalue weighted by Gasteiger charge is -2.11.